The third-order valence-electron chi connectivity index (χ3n) is 4.28. The van der Waals surface area contributed by atoms with Crippen molar-refractivity contribution in [3.05, 3.63) is 44.5 Å². The molecule has 0 aromatic carbocycles. The molecule has 0 radical (unpaired) electrons. The van der Waals surface area contributed by atoms with Crippen LogP contribution in [0.1, 0.15) is 32.7 Å². The van der Waals surface area contributed by atoms with E-state index in [9.17, 15) is 10.0 Å². The number of halogens is 1. The summed E-state index contributed by atoms with van der Waals surface area (Å²) in [5.74, 6) is 0.203. The van der Waals surface area contributed by atoms with E-state index < -0.39 is 0 Å². The van der Waals surface area contributed by atoms with Crippen LogP contribution in [-0.2, 0) is 6.54 Å². The van der Waals surface area contributed by atoms with Crippen LogP contribution in [0.2, 0.25) is 5.15 Å². The lowest BCUT2D eigenvalue weighted by Crippen LogP contribution is -2.38. The Bertz CT molecular complexity index is 837. The van der Waals surface area contributed by atoms with Crippen molar-refractivity contribution in [1.82, 2.24) is 9.97 Å². The molecule has 3 rings (SSSR count). The fraction of sp³-hybridized carbons (Fsp3) is 0.333. The Morgan fingerprint density at radius 3 is 2.74 bits per heavy atom. The SMILES string of the molecule is Cc1c[n+]([O-])c(CN2CC(=O)c3c(Cl)nc(N)nc32)c(C)c1C. The second-order valence-corrected chi connectivity index (χ2v) is 6.04. The van der Waals surface area contributed by atoms with Gasteiger partial charge < -0.3 is 15.8 Å². The number of anilines is 2. The van der Waals surface area contributed by atoms with Crippen LogP contribution < -0.4 is 15.4 Å². The lowest BCUT2D eigenvalue weighted by Gasteiger charge is -2.19. The second-order valence-electron chi connectivity index (χ2n) is 5.69. The molecular weight excluding hydrogens is 318 g/mol. The Morgan fingerprint density at radius 2 is 2.04 bits per heavy atom. The van der Waals surface area contributed by atoms with Crippen LogP contribution in [-0.4, -0.2) is 22.3 Å². The minimum absolute atomic E-state index is 0.000239. The second kappa shape index (κ2) is 5.34. The van der Waals surface area contributed by atoms with E-state index in [-0.39, 0.29) is 35.5 Å². The molecule has 8 heteroatoms. The van der Waals surface area contributed by atoms with Crippen LogP contribution in [0.5, 0.6) is 0 Å². The van der Waals surface area contributed by atoms with Gasteiger partial charge in [0.25, 0.3) is 0 Å². The summed E-state index contributed by atoms with van der Waals surface area (Å²) < 4.78 is 0.840. The predicted octanol–water partition coefficient (Wildman–Crippen LogP) is 1.47. The van der Waals surface area contributed by atoms with E-state index in [4.69, 9.17) is 17.3 Å². The molecule has 0 amide bonds. The topological polar surface area (TPSA) is 99.0 Å². The first-order valence-electron chi connectivity index (χ1n) is 7.09. The van der Waals surface area contributed by atoms with Crippen LogP contribution in [0.4, 0.5) is 11.8 Å². The summed E-state index contributed by atoms with van der Waals surface area (Å²) in [5, 5.41) is 12.3. The van der Waals surface area contributed by atoms with Crippen molar-refractivity contribution in [3.63, 3.8) is 0 Å². The number of nitrogen functional groups attached to an aromatic ring is 1. The molecule has 1 aliphatic rings. The third kappa shape index (κ3) is 2.46. The van der Waals surface area contributed by atoms with Crippen molar-refractivity contribution in [2.24, 2.45) is 0 Å². The van der Waals surface area contributed by atoms with Crippen molar-refractivity contribution in [2.45, 2.75) is 27.3 Å². The summed E-state index contributed by atoms with van der Waals surface area (Å²) >= 11 is 6.00. The standard InChI is InChI=1S/C15H16ClN5O2/c1-7-4-21(23)10(9(3)8(7)2)5-20-6-11(22)12-13(16)18-15(17)19-14(12)20/h4H,5-6H2,1-3H3,(H2,17,18,19). The van der Waals surface area contributed by atoms with Crippen molar-refractivity contribution < 1.29 is 9.52 Å². The molecule has 0 fully saturated rings. The van der Waals surface area contributed by atoms with Gasteiger partial charge in [-0.05, 0) is 26.3 Å². The van der Waals surface area contributed by atoms with Gasteiger partial charge in [0.1, 0.15) is 17.5 Å². The Labute approximate surface area is 138 Å². The minimum Gasteiger partial charge on any atom is -0.618 e. The lowest BCUT2D eigenvalue weighted by atomic mass is 10.0. The number of pyridine rings is 1. The fourth-order valence-electron chi connectivity index (χ4n) is 2.76. The van der Waals surface area contributed by atoms with Crippen molar-refractivity contribution in [3.8, 4) is 0 Å². The van der Waals surface area contributed by atoms with Gasteiger partial charge in [0.15, 0.2) is 12.0 Å². The van der Waals surface area contributed by atoms with E-state index in [2.05, 4.69) is 9.97 Å². The third-order valence-corrected chi connectivity index (χ3v) is 4.55. The van der Waals surface area contributed by atoms with Crippen LogP contribution in [0, 0.1) is 26.0 Å². The summed E-state index contributed by atoms with van der Waals surface area (Å²) in [6, 6.07) is 0. The molecular formula is C15H16ClN5O2. The van der Waals surface area contributed by atoms with E-state index in [1.807, 2.05) is 20.8 Å². The van der Waals surface area contributed by atoms with E-state index in [0.717, 1.165) is 21.4 Å². The van der Waals surface area contributed by atoms with Crippen LogP contribution in [0.3, 0.4) is 0 Å². The highest BCUT2D eigenvalue weighted by molar-refractivity contribution is 6.34. The molecule has 0 atom stereocenters. The Hall–Kier alpha value is -2.41. The monoisotopic (exact) mass is 333 g/mol. The molecule has 0 unspecified atom stereocenters. The molecule has 0 saturated carbocycles. The van der Waals surface area contributed by atoms with E-state index in [1.54, 1.807) is 4.90 Å². The summed E-state index contributed by atoms with van der Waals surface area (Å²) in [7, 11) is 0. The molecule has 2 N–H and O–H groups in total. The molecule has 0 aliphatic carbocycles. The van der Waals surface area contributed by atoms with E-state index in [0.29, 0.717) is 11.5 Å². The van der Waals surface area contributed by atoms with Crippen LogP contribution in [0.15, 0.2) is 6.20 Å². The number of Topliss-reactive ketones (excluding diaryl/α,β-unsaturated/α-hetero) is 1. The summed E-state index contributed by atoms with van der Waals surface area (Å²) in [6.45, 7) is 6.10. The van der Waals surface area contributed by atoms with Gasteiger partial charge in [-0.1, -0.05) is 11.6 Å². The van der Waals surface area contributed by atoms with Gasteiger partial charge in [0, 0.05) is 11.1 Å². The van der Waals surface area contributed by atoms with Crippen molar-refractivity contribution >= 4 is 29.2 Å². The average Bonchev–Trinajstić information content (AvgIpc) is 2.77. The summed E-state index contributed by atoms with van der Waals surface area (Å²) in [5.41, 5.74) is 9.34. The zero-order valence-corrected chi connectivity index (χ0v) is 13.8. The summed E-state index contributed by atoms with van der Waals surface area (Å²) in [6.07, 6.45) is 1.54. The van der Waals surface area contributed by atoms with E-state index >= 15 is 0 Å². The number of nitrogens with zero attached hydrogens (tertiary/aromatic N) is 4. The molecule has 0 bridgehead atoms. The zero-order valence-electron chi connectivity index (χ0n) is 13.1. The van der Waals surface area contributed by atoms with Gasteiger partial charge >= 0.3 is 0 Å². The molecule has 2 aromatic heterocycles. The van der Waals surface area contributed by atoms with Crippen molar-refractivity contribution in [1.29, 1.82) is 0 Å². The van der Waals surface area contributed by atoms with Crippen molar-refractivity contribution in [2.75, 3.05) is 17.2 Å². The lowest BCUT2D eigenvalue weighted by molar-refractivity contribution is -0.614. The predicted molar refractivity (Wildman–Crippen MR) is 86.4 cm³/mol. The number of hydrogen-bond acceptors (Lipinski definition) is 6. The van der Waals surface area contributed by atoms with Gasteiger partial charge in [0.2, 0.25) is 11.6 Å². The number of nitrogens with two attached hydrogens (primary N) is 1. The number of ketones is 1. The van der Waals surface area contributed by atoms with Crippen LogP contribution in [0.25, 0.3) is 0 Å². The Kier molecular flexibility index (Phi) is 3.60. The fourth-order valence-corrected chi connectivity index (χ4v) is 3.04. The molecule has 7 nitrogen and oxygen atoms in total. The first-order chi connectivity index (χ1) is 10.8. The highest BCUT2D eigenvalue weighted by atomic mass is 35.5. The molecule has 3 heterocycles. The largest absolute Gasteiger partial charge is 0.618 e. The van der Waals surface area contributed by atoms with Gasteiger partial charge in [-0.2, -0.15) is 9.71 Å². The van der Waals surface area contributed by atoms with Crippen LogP contribution >= 0.6 is 11.6 Å². The Balaban J connectivity index is 2.05. The highest BCUT2D eigenvalue weighted by Gasteiger charge is 2.33. The zero-order chi connectivity index (χ0) is 16.9. The number of fused-ring (bicyclic) bond motifs is 1. The molecule has 120 valence electrons. The average molecular weight is 334 g/mol. The summed E-state index contributed by atoms with van der Waals surface area (Å²) in [4.78, 5) is 21.8. The van der Waals surface area contributed by atoms with Gasteiger partial charge in [-0.25, -0.2) is 4.98 Å². The normalized spacial score (nSPS) is 13.6. The number of aromatic nitrogens is 3. The number of carbonyl (C=O) groups excluding carboxylic acids is 1. The quantitative estimate of drug-likeness (QED) is 0.507. The molecule has 2 aromatic rings. The first-order valence-corrected chi connectivity index (χ1v) is 7.47. The maximum atomic E-state index is 12.2. The Morgan fingerprint density at radius 1 is 1.35 bits per heavy atom. The number of hydrogen-bond donors (Lipinski definition) is 1. The molecule has 0 spiro atoms. The smallest absolute Gasteiger partial charge is 0.223 e. The highest BCUT2D eigenvalue weighted by Crippen LogP contribution is 2.32. The number of carbonyl (C=O) groups is 1. The molecule has 23 heavy (non-hydrogen) atoms. The molecule has 1 aliphatic heterocycles. The maximum Gasteiger partial charge on any atom is 0.223 e. The van der Waals surface area contributed by atoms with Gasteiger partial charge in [-0.15, -0.1) is 0 Å². The van der Waals surface area contributed by atoms with Gasteiger partial charge in [0.05, 0.1) is 12.1 Å². The first kappa shape index (κ1) is 15.5. The number of aryl methyl sites for hydroxylation is 1. The van der Waals surface area contributed by atoms with Gasteiger partial charge in [-0.3, -0.25) is 4.79 Å². The molecule has 0 saturated heterocycles. The maximum absolute atomic E-state index is 12.2. The number of rotatable bonds is 2. The van der Waals surface area contributed by atoms with E-state index in [1.165, 1.54) is 6.20 Å². The minimum atomic E-state index is -0.177.